The molecular formula is C16H28N4S. The molecule has 0 amide bonds. The van der Waals surface area contributed by atoms with E-state index in [1.807, 2.05) is 0 Å². The lowest BCUT2D eigenvalue weighted by Crippen LogP contribution is -2.29. The van der Waals surface area contributed by atoms with Crippen molar-refractivity contribution < 1.29 is 0 Å². The molecule has 0 saturated carbocycles. The second-order valence-corrected chi connectivity index (χ2v) is 7.95. The summed E-state index contributed by atoms with van der Waals surface area (Å²) in [6.07, 6.45) is 4.98. The molecule has 1 aliphatic heterocycles. The molecule has 1 aromatic rings. The molecular weight excluding hydrogens is 280 g/mol. The molecule has 1 aromatic heterocycles. The fourth-order valence-corrected chi connectivity index (χ4v) is 3.73. The van der Waals surface area contributed by atoms with E-state index in [0.717, 1.165) is 49.9 Å². The minimum absolute atomic E-state index is 0.372. The molecule has 0 spiro atoms. The Bertz CT molecular complexity index is 462. The van der Waals surface area contributed by atoms with Crippen LogP contribution in [0.25, 0.3) is 0 Å². The Morgan fingerprint density at radius 2 is 2.10 bits per heavy atom. The van der Waals surface area contributed by atoms with Crippen LogP contribution in [-0.4, -0.2) is 40.1 Å². The number of aromatic nitrogens is 2. The Hall–Kier alpha value is -0.970. The molecule has 0 bridgehead atoms. The summed E-state index contributed by atoms with van der Waals surface area (Å²) in [7, 11) is 0. The van der Waals surface area contributed by atoms with Gasteiger partial charge in [-0.15, -0.1) is 0 Å². The molecule has 1 N–H and O–H groups in total. The van der Waals surface area contributed by atoms with Crippen LogP contribution in [0.5, 0.6) is 0 Å². The SMILES string of the molecule is CCCNc1ncnc(N2CCSC(C)(C)CC2)c1CC. The van der Waals surface area contributed by atoms with E-state index in [4.69, 9.17) is 0 Å². The molecule has 118 valence electrons. The third kappa shape index (κ3) is 4.25. The normalized spacial score (nSPS) is 18.4. The summed E-state index contributed by atoms with van der Waals surface area (Å²) in [6.45, 7) is 12.2. The molecule has 2 heterocycles. The number of nitrogens with one attached hydrogen (secondary N) is 1. The standard InChI is InChI=1S/C16H28N4S/c1-5-8-17-14-13(6-2)15(19-12-18-14)20-9-7-16(3,4)21-11-10-20/h12H,5-11H2,1-4H3,(H,17,18,19). The van der Waals surface area contributed by atoms with Gasteiger partial charge in [-0.1, -0.05) is 27.7 Å². The number of anilines is 2. The molecule has 2 rings (SSSR count). The Kier molecular flexibility index (Phi) is 5.73. The first-order chi connectivity index (χ1) is 10.1. The van der Waals surface area contributed by atoms with Crippen LogP contribution < -0.4 is 10.2 Å². The topological polar surface area (TPSA) is 41.1 Å². The smallest absolute Gasteiger partial charge is 0.137 e. The lowest BCUT2D eigenvalue weighted by Gasteiger charge is -2.25. The highest BCUT2D eigenvalue weighted by Crippen LogP contribution is 2.33. The first-order valence-corrected chi connectivity index (χ1v) is 9.02. The third-order valence-electron chi connectivity index (χ3n) is 3.96. The molecule has 0 unspecified atom stereocenters. The Labute approximate surface area is 133 Å². The fourth-order valence-electron chi connectivity index (χ4n) is 2.63. The van der Waals surface area contributed by atoms with Crippen molar-refractivity contribution >= 4 is 23.4 Å². The average molecular weight is 308 g/mol. The third-order valence-corrected chi connectivity index (χ3v) is 5.33. The van der Waals surface area contributed by atoms with Crippen molar-refractivity contribution in [1.29, 1.82) is 0 Å². The van der Waals surface area contributed by atoms with Gasteiger partial charge in [0, 0.05) is 35.7 Å². The minimum Gasteiger partial charge on any atom is -0.370 e. The maximum absolute atomic E-state index is 4.60. The van der Waals surface area contributed by atoms with Gasteiger partial charge < -0.3 is 10.2 Å². The van der Waals surface area contributed by atoms with Crippen LogP contribution in [0.4, 0.5) is 11.6 Å². The lowest BCUT2D eigenvalue weighted by molar-refractivity contribution is 0.633. The summed E-state index contributed by atoms with van der Waals surface area (Å²) in [6, 6.07) is 0. The van der Waals surface area contributed by atoms with Crippen molar-refractivity contribution in [3.8, 4) is 0 Å². The lowest BCUT2D eigenvalue weighted by atomic mass is 10.1. The van der Waals surface area contributed by atoms with Crippen molar-refractivity contribution in [3.05, 3.63) is 11.9 Å². The second kappa shape index (κ2) is 7.34. The maximum atomic E-state index is 4.60. The number of hydrogen-bond donors (Lipinski definition) is 1. The number of rotatable bonds is 5. The molecule has 4 nitrogen and oxygen atoms in total. The molecule has 1 aliphatic rings. The van der Waals surface area contributed by atoms with Gasteiger partial charge >= 0.3 is 0 Å². The van der Waals surface area contributed by atoms with Gasteiger partial charge in [0.15, 0.2) is 0 Å². The monoisotopic (exact) mass is 308 g/mol. The van der Waals surface area contributed by atoms with Crippen LogP contribution in [0.15, 0.2) is 6.33 Å². The predicted octanol–water partition coefficient (Wildman–Crippen LogP) is 3.58. The van der Waals surface area contributed by atoms with E-state index in [2.05, 4.69) is 59.6 Å². The summed E-state index contributed by atoms with van der Waals surface area (Å²) in [5, 5.41) is 3.44. The van der Waals surface area contributed by atoms with Gasteiger partial charge in [0.1, 0.15) is 18.0 Å². The molecule has 0 aromatic carbocycles. The van der Waals surface area contributed by atoms with Gasteiger partial charge in [0.05, 0.1) is 0 Å². The Balaban J connectivity index is 2.22. The number of thioether (sulfide) groups is 1. The highest BCUT2D eigenvalue weighted by molar-refractivity contribution is 8.00. The maximum Gasteiger partial charge on any atom is 0.137 e. The van der Waals surface area contributed by atoms with E-state index in [1.54, 1.807) is 6.33 Å². The van der Waals surface area contributed by atoms with Crippen LogP contribution in [0.1, 0.15) is 46.1 Å². The van der Waals surface area contributed by atoms with E-state index in [1.165, 1.54) is 12.0 Å². The van der Waals surface area contributed by atoms with Gasteiger partial charge in [-0.3, -0.25) is 0 Å². The Morgan fingerprint density at radius 3 is 2.81 bits per heavy atom. The summed E-state index contributed by atoms with van der Waals surface area (Å²) < 4.78 is 0.372. The fraction of sp³-hybridized carbons (Fsp3) is 0.750. The van der Waals surface area contributed by atoms with Crippen molar-refractivity contribution in [2.45, 2.75) is 51.7 Å². The van der Waals surface area contributed by atoms with Crippen LogP contribution >= 0.6 is 11.8 Å². The van der Waals surface area contributed by atoms with E-state index in [-0.39, 0.29) is 0 Å². The van der Waals surface area contributed by atoms with E-state index in [9.17, 15) is 0 Å². The number of hydrogen-bond acceptors (Lipinski definition) is 5. The molecule has 0 aliphatic carbocycles. The minimum atomic E-state index is 0.372. The zero-order chi connectivity index (χ0) is 15.3. The van der Waals surface area contributed by atoms with Gasteiger partial charge in [-0.05, 0) is 19.3 Å². The van der Waals surface area contributed by atoms with Crippen molar-refractivity contribution in [2.24, 2.45) is 0 Å². The number of nitrogens with zero attached hydrogens (tertiary/aromatic N) is 3. The summed E-state index contributed by atoms with van der Waals surface area (Å²) >= 11 is 2.07. The van der Waals surface area contributed by atoms with E-state index in [0.29, 0.717) is 4.75 Å². The molecule has 1 saturated heterocycles. The van der Waals surface area contributed by atoms with Crippen LogP contribution in [0.2, 0.25) is 0 Å². The first-order valence-electron chi connectivity index (χ1n) is 8.04. The summed E-state index contributed by atoms with van der Waals surface area (Å²) in [5.74, 6) is 3.31. The average Bonchev–Trinajstić information content (AvgIpc) is 2.65. The molecule has 0 radical (unpaired) electrons. The largest absolute Gasteiger partial charge is 0.370 e. The van der Waals surface area contributed by atoms with Crippen molar-refractivity contribution in [2.75, 3.05) is 35.6 Å². The quantitative estimate of drug-likeness (QED) is 0.900. The first kappa shape index (κ1) is 16.4. The van der Waals surface area contributed by atoms with Gasteiger partial charge in [-0.2, -0.15) is 11.8 Å². The van der Waals surface area contributed by atoms with Crippen LogP contribution in [-0.2, 0) is 6.42 Å². The predicted molar refractivity (Wildman–Crippen MR) is 93.6 cm³/mol. The molecule has 5 heteroatoms. The van der Waals surface area contributed by atoms with E-state index < -0.39 is 0 Å². The van der Waals surface area contributed by atoms with Gasteiger partial charge in [-0.25, -0.2) is 9.97 Å². The van der Waals surface area contributed by atoms with Crippen LogP contribution in [0.3, 0.4) is 0 Å². The zero-order valence-corrected chi connectivity index (χ0v) is 14.6. The summed E-state index contributed by atoms with van der Waals surface area (Å²) in [4.78, 5) is 11.5. The zero-order valence-electron chi connectivity index (χ0n) is 13.8. The molecule has 0 atom stereocenters. The van der Waals surface area contributed by atoms with E-state index >= 15 is 0 Å². The Morgan fingerprint density at radius 1 is 1.29 bits per heavy atom. The van der Waals surface area contributed by atoms with Gasteiger partial charge in [0.25, 0.3) is 0 Å². The summed E-state index contributed by atoms with van der Waals surface area (Å²) in [5.41, 5.74) is 1.26. The van der Waals surface area contributed by atoms with Gasteiger partial charge in [0.2, 0.25) is 0 Å². The van der Waals surface area contributed by atoms with Crippen LogP contribution in [0, 0.1) is 0 Å². The highest BCUT2D eigenvalue weighted by Gasteiger charge is 2.25. The van der Waals surface area contributed by atoms with Crippen molar-refractivity contribution in [3.63, 3.8) is 0 Å². The molecule has 21 heavy (non-hydrogen) atoms. The highest BCUT2D eigenvalue weighted by atomic mass is 32.2. The molecule has 1 fully saturated rings. The van der Waals surface area contributed by atoms with Crippen molar-refractivity contribution in [1.82, 2.24) is 9.97 Å². The second-order valence-electron chi connectivity index (χ2n) is 6.15.